The second-order valence-electron chi connectivity index (χ2n) is 13.8. The Hall–Kier alpha value is -7.05. The molecule has 0 spiro atoms. The standard InChI is InChI=1S/C48H39N5O/c1-32-25-33(2)47(34(3)26-32)51-44-23-12-11-22-43(44)50-37-27-42-41-21-10-13-24-45(41)53(38-17-8-5-9-18-38)48(42)46(28-37)54-40-20-14-19-39(29-40)52-31-36(30-49-52)35-15-6-4-7-16-35/h4-31,50-51H,1-3H3. The molecular formula is C48H39N5O. The number of rotatable bonds is 9. The molecule has 9 rings (SSSR count). The van der Waals surface area contributed by atoms with E-state index in [9.17, 15) is 0 Å². The molecule has 0 aliphatic carbocycles. The molecule has 7 aromatic carbocycles. The Balaban J connectivity index is 1.16. The highest BCUT2D eigenvalue weighted by Gasteiger charge is 2.19. The monoisotopic (exact) mass is 701 g/mol. The molecule has 0 fully saturated rings. The van der Waals surface area contributed by atoms with Crippen LogP contribution in [-0.4, -0.2) is 14.3 Å². The summed E-state index contributed by atoms with van der Waals surface area (Å²) in [6.45, 7) is 6.45. The number of nitrogens with one attached hydrogen (secondary N) is 2. The van der Waals surface area contributed by atoms with Gasteiger partial charge in [0.2, 0.25) is 0 Å². The lowest BCUT2D eigenvalue weighted by molar-refractivity contribution is 0.486. The second kappa shape index (κ2) is 13.8. The van der Waals surface area contributed by atoms with Gasteiger partial charge in [-0.05, 0) is 86.0 Å². The summed E-state index contributed by atoms with van der Waals surface area (Å²) in [5.41, 5.74) is 13.9. The first-order valence-corrected chi connectivity index (χ1v) is 18.2. The summed E-state index contributed by atoms with van der Waals surface area (Å²) in [5, 5.41) is 14.4. The molecule has 0 aliphatic rings. The summed E-state index contributed by atoms with van der Waals surface area (Å²) in [5.74, 6) is 1.44. The smallest absolute Gasteiger partial charge is 0.154 e. The van der Waals surface area contributed by atoms with Gasteiger partial charge in [-0.15, -0.1) is 0 Å². The summed E-state index contributed by atoms with van der Waals surface area (Å²) in [4.78, 5) is 0. The van der Waals surface area contributed by atoms with Crippen molar-refractivity contribution >= 4 is 44.6 Å². The fraction of sp³-hybridized carbons (Fsp3) is 0.0625. The fourth-order valence-corrected chi connectivity index (χ4v) is 7.48. The van der Waals surface area contributed by atoms with Crippen LogP contribution in [0.3, 0.4) is 0 Å². The van der Waals surface area contributed by atoms with Crippen molar-refractivity contribution in [3.8, 4) is 34.0 Å². The number of nitrogens with zero attached hydrogens (tertiary/aromatic N) is 3. The highest BCUT2D eigenvalue weighted by molar-refractivity contribution is 6.12. The van der Waals surface area contributed by atoms with Crippen molar-refractivity contribution in [2.75, 3.05) is 10.6 Å². The summed E-state index contributed by atoms with van der Waals surface area (Å²) >= 11 is 0. The van der Waals surface area contributed by atoms with Gasteiger partial charge in [0, 0.05) is 51.7 Å². The van der Waals surface area contributed by atoms with Gasteiger partial charge in [0.05, 0.1) is 34.3 Å². The molecule has 2 aromatic heterocycles. The number of ether oxygens (including phenoxy) is 1. The predicted octanol–water partition coefficient (Wildman–Crippen LogP) is 12.8. The molecule has 0 amide bonds. The largest absolute Gasteiger partial charge is 0.455 e. The molecule has 54 heavy (non-hydrogen) atoms. The second-order valence-corrected chi connectivity index (χ2v) is 13.8. The van der Waals surface area contributed by atoms with Gasteiger partial charge >= 0.3 is 0 Å². The maximum Gasteiger partial charge on any atom is 0.154 e. The normalized spacial score (nSPS) is 11.2. The highest BCUT2D eigenvalue weighted by atomic mass is 16.5. The summed E-state index contributed by atoms with van der Waals surface area (Å²) < 4.78 is 11.2. The van der Waals surface area contributed by atoms with Crippen molar-refractivity contribution in [1.82, 2.24) is 14.3 Å². The van der Waals surface area contributed by atoms with Crippen molar-refractivity contribution in [2.24, 2.45) is 0 Å². The van der Waals surface area contributed by atoms with E-state index in [0.29, 0.717) is 5.75 Å². The van der Waals surface area contributed by atoms with Crippen LogP contribution in [0.25, 0.3) is 44.3 Å². The number of anilines is 4. The molecule has 6 heteroatoms. The minimum Gasteiger partial charge on any atom is -0.455 e. The molecule has 0 saturated carbocycles. The molecule has 6 nitrogen and oxygen atoms in total. The summed E-state index contributed by atoms with van der Waals surface area (Å²) in [7, 11) is 0. The van der Waals surface area contributed by atoms with Crippen LogP contribution in [0.2, 0.25) is 0 Å². The maximum absolute atomic E-state index is 6.97. The number of hydrogen-bond acceptors (Lipinski definition) is 4. The highest BCUT2D eigenvalue weighted by Crippen LogP contribution is 2.43. The van der Waals surface area contributed by atoms with Crippen LogP contribution < -0.4 is 15.4 Å². The van der Waals surface area contributed by atoms with Gasteiger partial charge in [0.1, 0.15) is 5.75 Å². The third-order valence-corrected chi connectivity index (χ3v) is 9.89. The predicted molar refractivity (Wildman–Crippen MR) is 224 cm³/mol. The number of para-hydroxylation sites is 4. The lowest BCUT2D eigenvalue weighted by atomic mass is 10.0. The first-order chi connectivity index (χ1) is 26.5. The summed E-state index contributed by atoms with van der Waals surface area (Å²) in [6, 6.07) is 54.5. The third-order valence-electron chi connectivity index (χ3n) is 9.89. The average molecular weight is 702 g/mol. The summed E-state index contributed by atoms with van der Waals surface area (Å²) in [6.07, 6.45) is 3.95. The van der Waals surface area contributed by atoms with E-state index in [4.69, 9.17) is 9.84 Å². The molecule has 2 heterocycles. The zero-order chi connectivity index (χ0) is 36.6. The molecule has 0 bridgehead atoms. The molecule has 0 unspecified atom stereocenters. The Bertz CT molecular complexity index is 2760. The zero-order valence-electron chi connectivity index (χ0n) is 30.4. The molecule has 0 radical (unpaired) electrons. The Morgan fingerprint density at radius 1 is 0.556 bits per heavy atom. The minimum absolute atomic E-state index is 0.708. The van der Waals surface area contributed by atoms with E-state index in [-0.39, 0.29) is 0 Å². The van der Waals surface area contributed by atoms with E-state index in [1.807, 2.05) is 59.4 Å². The van der Waals surface area contributed by atoms with Crippen LogP contribution in [0, 0.1) is 20.8 Å². The quantitative estimate of drug-likeness (QED) is 0.157. The Morgan fingerprint density at radius 2 is 1.22 bits per heavy atom. The maximum atomic E-state index is 6.97. The van der Waals surface area contributed by atoms with E-state index in [1.54, 1.807) is 0 Å². The van der Waals surface area contributed by atoms with Crippen LogP contribution >= 0.6 is 0 Å². The molecule has 2 N–H and O–H groups in total. The van der Waals surface area contributed by atoms with Crippen molar-refractivity contribution in [3.05, 3.63) is 187 Å². The Kier molecular flexibility index (Phi) is 8.40. The number of aryl methyl sites for hydroxylation is 3. The van der Waals surface area contributed by atoms with Gasteiger partial charge < -0.3 is 19.9 Å². The number of fused-ring (bicyclic) bond motifs is 3. The number of benzene rings is 7. The zero-order valence-corrected chi connectivity index (χ0v) is 30.4. The first kappa shape index (κ1) is 32.8. The fourth-order valence-electron chi connectivity index (χ4n) is 7.48. The van der Waals surface area contributed by atoms with Crippen LogP contribution in [0.1, 0.15) is 16.7 Å². The third kappa shape index (κ3) is 6.24. The average Bonchev–Trinajstić information content (AvgIpc) is 3.82. The van der Waals surface area contributed by atoms with Crippen LogP contribution in [0.4, 0.5) is 22.7 Å². The van der Waals surface area contributed by atoms with E-state index < -0.39 is 0 Å². The van der Waals surface area contributed by atoms with Crippen molar-refractivity contribution in [2.45, 2.75) is 20.8 Å². The van der Waals surface area contributed by atoms with Gasteiger partial charge in [-0.1, -0.05) is 103 Å². The molecule has 262 valence electrons. The van der Waals surface area contributed by atoms with Crippen LogP contribution in [0.15, 0.2) is 170 Å². The Morgan fingerprint density at radius 3 is 2.00 bits per heavy atom. The molecule has 0 saturated heterocycles. The van der Waals surface area contributed by atoms with Crippen LogP contribution in [0.5, 0.6) is 11.5 Å². The van der Waals surface area contributed by atoms with Gasteiger partial charge in [-0.2, -0.15) is 5.10 Å². The lowest BCUT2D eigenvalue weighted by Gasteiger charge is -2.19. The topological polar surface area (TPSA) is 56.0 Å². The molecule has 0 aliphatic heterocycles. The van der Waals surface area contributed by atoms with E-state index in [1.165, 1.54) is 16.7 Å². The van der Waals surface area contributed by atoms with E-state index >= 15 is 0 Å². The molecule has 0 atom stereocenters. The Labute approximate surface area is 314 Å². The van der Waals surface area contributed by atoms with Gasteiger partial charge in [0.25, 0.3) is 0 Å². The number of aromatic nitrogens is 3. The SMILES string of the molecule is Cc1cc(C)c(Nc2ccccc2Nc2cc(Oc3cccc(-n4cc(-c5ccccc5)cn4)c3)c3c(c2)c2ccccc2n3-c2ccccc2)c(C)c1. The molecular weight excluding hydrogens is 663 g/mol. The number of hydrogen-bond donors (Lipinski definition) is 2. The van der Waals surface area contributed by atoms with E-state index in [0.717, 1.165) is 72.8 Å². The van der Waals surface area contributed by atoms with Gasteiger partial charge in [0.15, 0.2) is 5.75 Å². The first-order valence-electron chi connectivity index (χ1n) is 18.2. The lowest BCUT2D eigenvalue weighted by Crippen LogP contribution is -2.01. The van der Waals surface area contributed by atoms with Crippen molar-refractivity contribution < 1.29 is 4.74 Å². The van der Waals surface area contributed by atoms with E-state index in [2.05, 4.69) is 151 Å². The van der Waals surface area contributed by atoms with Gasteiger partial charge in [-0.25, -0.2) is 4.68 Å². The minimum atomic E-state index is 0.708. The van der Waals surface area contributed by atoms with Crippen LogP contribution in [-0.2, 0) is 0 Å². The molecule has 9 aromatic rings. The van der Waals surface area contributed by atoms with Crippen molar-refractivity contribution in [3.63, 3.8) is 0 Å². The van der Waals surface area contributed by atoms with Gasteiger partial charge in [-0.3, -0.25) is 0 Å². The van der Waals surface area contributed by atoms with Crippen molar-refractivity contribution in [1.29, 1.82) is 0 Å².